The molecule has 0 spiro atoms. The average molecular weight is 437 g/mol. The van der Waals surface area contributed by atoms with Crippen molar-refractivity contribution in [3.8, 4) is 11.1 Å². The number of hydrogen-bond acceptors (Lipinski definition) is 5. The van der Waals surface area contributed by atoms with E-state index in [1.54, 1.807) is 12.1 Å². The van der Waals surface area contributed by atoms with E-state index in [2.05, 4.69) is 10.6 Å². The maximum absolute atomic E-state index is 13.1. The maximum atomic E-state index is 13.1. The van der Waals surface area contributed by atoms with Gasteiger partial charge in [-0.1, -0.05) is 39.8 Å². The minimum Gasteiger partial charge on any atom is -0.325 e. The lowest BCUT2D eigenvalue weighted by molar-refractivity contribution is -0.118. The first-order valence-electron chi connectivity index (χ1n) is 11.3. The zero-order valence-corrected chi connectivity index (χ0v) is 19.3. The Kier molecular flexibility index (Phi) is 7.77. The van der Waals surface area contributed by atoms with Crippen molar-refractivity contribution in [3.05, 3.63) is 47.5 Å². The summed E-state index contributed by atoms with van der Waals surface area (Å²) in [7, 11) is 0. The summed E-state index contributed by atoms with van der Waals surface area (Å²) in [5.74, 6) is -0.306. The molecule has 0 atom stereocenters. The fourth-order valence-electron chi connectivity index (χ4n) is 3.94. The van der Waals surface area contributed by atoms with Gasteiger partial charge in [0, 0.05) is 22.5 Å². The Bertz CT molecular complexity index is 931. The average Bonchev–Trinajstić information content (AvgIpc) is 3.06. The van der Waals surface area contributed by atoms with E-state index < -0.39 is 0 Å². The first-order valence-corrected chi connectivity index (χ1v) is 11.3. The number of hydrogen-bond donors (Lipinski definition) is 2. The van der Waals surface area contributed by atoms with Crippen LogP contribution in [0.15, 0.2) is 36.4 Å². The van der Waals surface area contributed by atoms with Gasteiger partial charge in [-0.25, -0.2) is 0 Å². The molecular formula is C25H32N4O3. The molecule has 1 aliphatic carbocycles. The molecule has 0 aliphatic heterocycles. The molecule has 7 heteroatoms. The minimum atomic E-state index is -0.102. The molecule has 170 valence electrons. The number of ketones is 1. The molecule has 0 fully saturated rings. The zero-order chi connectivity index (χ0) is 23.3. The van der Waals surface area contributed by atoms with Crippen molar-refractivity contribution in [3.63, 3.8) is 0 Å². The summed E-state index contributed by atoms with van der Waals surface area (Å²) >= 11 is 0. The van der Waals surface area contributed by atoms with Crippen LogP contribution in [0.2, 0.25) is 0 Å². The van der Waals surface area contributed by atoms with E-state index in [-0.39, 0.29) is 17.6 Å². The fraction of sp³-hybridized carbons (Fsp3) is 0.400. The van der Waals surface area contributed by atoms with Gasteiger partial charge in [0.25, 0.3) is 0 Å². The molecule has 0 bridgehead atoms. The Labute approximate surface area is 189 Å². The number of nitrogens with zero attached hydrogens (tertiary/aromatic N) is 2. The standard InChI is InChI=1S/C25H32N4O3/c1-5-28(6-2)15-23(30)26-17-9-11-19-20-12-10-18(14-22(20)25(32)21(19)13-17)27-24(31)16-29(7-3)8-4/h9-14H,5-8,15-16H2,1-4H3,(H,26,30)(H,27,31). The van der Waals surface area contributed by atoms with Gasteiger partial charge < -0.3 is 10.6 Å². The quantitative estimate of drug-likeness (QED) is 0.509. The number of anilines is 2. The second kappa shape index (κ2) is 10.5. The number of amides is 2. The molecule has 2 amide bonds. The highest BCUT2D eigenvalue weighted by atomic mass is 16.2. The summed E-state index contributed by atoms with van der Waals surface area (Å²) in [4.78, 5) is 41.8. The number of benzene rings is 2. The summed E-state index contributed by atoms with van der Waals surface area (Å²) < 4.78 is 0. The van der Waals surface area contributed by atoms with E-state index in [1.165, 1.54) is 0 Å². The monoisotopic (exact) mass is 436 g/mol. The summed E-state index contributed by atoms with van der Waals surface area (Å²) in [6.45, 7) is 11.9. The molecule has 0 radical (unpaired) electrons. The number of fused-ring (bicyclic) bond motifs is 3. The van der Waals surface area contributed by atoms with Gasteiger partial charge in [-0.2, -0.15) is 0 Å². The van der Waals surface area contributed by atoms with Crippen LogP contribution in [0.1, 0.15) is 43.6 Å². The third-order valence-corrected chi connectivity index (χ3v) is 5.91. The lowest BCUT2D eigenvalue weighted by Crippen LogP contribution is -2.32. The Hall–Kier alpha value is -3.03. The Morgan fingerprint density at radius 2 is 1.03 bits per heavy atom. The van der Waals surface area contributed by atoms with Gasteiger partial charge in [0.2, 0.25) is 11.8 Å². The van der Waals surface area contributed by atoms with E-state index in [1.807, 2.05) is 61.8 Å². The predicted molar refractivity (Wildman–Crippen MR) is 128 cm³/mol. The smallest absolute Gasteiger partial charge is 0.238 e. The van der Waals surface area contributed by atoms with Crippen molar-refractivity contribution < 1.29 is 14.4 Å². The Balaban J connectivity index is 1.73. The van der Waals surface area contributed by atoms with E-state index >= 15 is 0 Å². The third-order valence-electron chi connectivity index (χ3n) is 5.91. The first kappa shape index (κ1) is 23.6. The van der Waals surface area contributed by atoms with Gasteiger partial charge in [-0.3, -0.25) is 24.2 Å². The molecule has 0 aromatic heterocycles. The third kappa shape index (κ3) is 5.23. The SMILES string of the molecule is CCN(CC)CC(=O)Nc1ccc2c(c1)C(=O)c1cc(NC(=O)CN(CC)CC)ccc1-2. The van der Waals surface area contributed by atoms with Crippen LogP contribution in [-0.2, 0) is 9.59 Å². The van der Waals surface area contributed by atoms with Crippen molar-refractivity contribution in [1.29, 1.82) is 0 Å². The highest BCUT2D eigenvalue weighted by molar-refractivity contribution is 6.22. The van der Waals surface area contributed by atoms with Crippen molar-refractivity contribution >= 4 is 29.0 Å². The molecule has 1 aliphatic rings. The molecule has 2 aromatic carbocycles. The molecule has 0 heterocycles. The molecule has 0 saturated carbocycles. The highest BCUT2D eigenvalue weighted by Crippen LogP contribution is 2.39. The van der Waals surface area contributed by atoms with Gasteiger partial charge in [-0.05, 0) is 61.6 Å². The molecule has 0 saturated heterocycles. The van der Waals surface area contributed by atoms with Crippen molar-refractivity contribution in [2.75, 3.05) is 49.9 Å². The first-order chi connectivity index (χ1) is 15.4. The summed E-state index contributed by atoms with van der Waals surface area (Å²) in [6, 6.07) is 10.8. The van der Waals surface area contributed by atoms with Gasteiger partial charge in [-0.15, -0.1) is 0 Å². The highest BCUT2D eigenvalue weighted by Gasteiger charge is 2.27. The lowest BCUT2D eigenvalue weighted by atomic mass is 10.0. The number of carbonyl (C=O) groups excluding carboxylic acids is 3. The molecular weight excluding hydrogens is 404 g/mol. The van der Waals surface area contributed by atoms with Crippen LogP contribution in [0.5, 0.6) is 0 Å². The summed E-state index contributed by atoms with van der Waals surface area (Å²) in [5.41, 5.74) is 4.02. The zero-order valence-electron chi connectivity index (χ0n) is 19.3. The van der Waals surface area contributed by atoms with E-state index in [4.69, 9.17) is 0 Å². The van der Waals surface area contributed by atoms with Crippen molar-refractivity contribution in [1.82, 2.24) is 9.80 Å². The van der Waals surface area contributed by atoms with Crippen molar-refractivity contribution in [2.45, 2.75) is 27.7 Å². The van der Waals surface area contributed by atoms with Crippen LogP contribution in [0.3, 0.4) is 0 Å². The Morgan fingerprint density at radius 1 is 0.656 bits per heavy atom. The van der Waals surface area contributed by atoms with Gasteiger partial charge in [0.1, 0.15) is 0 Å². The van der Waals surface area contributed by atoms with Crippen LogP contribution < -0.4 is 10.6 Å². The minimum absolute atomic E-state index is 0.102. The normalized spacial score (nSPS) is 12.1. The van der Waals surface area contributed by atoms with Crippen molar-refractivity contribution in [2.24, 2.45) is 0 Å². The van der Waals surface area contributed by atoms with Crippen LogP contribution in [0.25, 0.3) is 11.1 Å². The molecule has 7 nitrogen and oxygen atoms in total. The Morgan fingerprint density at radius 3 is 1.38 bits per heavy atom. The second-order valence-corrected chi connectivity index (χ2v) is 7.87. The number of rotatable bonds is 10. The molecule has 3 rings (SSSR count). The lowest BCUT2D eigenvalue weighted by Gasteiger charge is -2.17. The van der Waals surface area contributed by atoms with E-state index in [0.717, 1.165) is 37.3 Å². The van der Waals surface area contributed by atoms with E-state index in [9.17, 15) is 14.4 Å². The van der Waals surface area contributed by atoms with E-state index in [0.29, 0.717) is 35.6 Å². The number of likely N-dealkylation sites (N-methyl/N-ethyl adjacent to an activating group) is 2. The van der Waals surface area contributed by atoms with Gasteiger partial charge >= 0.3 is 0 Å². The molecule has 2 aromatic rings. The van der Waals surface area contributed by atoms with Crippen LogP contribution >= 0.6 is 0 Å². The molecule has 32 heavy (non-hydrogen) atoms. The topological polar surface area (TPSA) is 81.8 Å². The number of carbonyl (C=O) groups is 3. The number of nitrogens with one attached hydrogen (secondary N) is 2. The van der Waals surface area contributed by atoms with Crippen LogP contribution in [0, 0.1) is 0 Å². The predicted octanol–water partition coefficient (Wildman–Crippen LogP) is 3.46. The largest absolute Gasteiger partial charge is 0.325 e. The second-order valence-electron chi connectivity index (χ2n) is 7.87. The fourth-order valence-corrected chi connectivity index (χ4v) is 3.94. The van der Waals surface area contributed by atoms with Gasteiger partial charge in [0.15, 0.2) is 5.78 Å². The van der Waals surface area contributed by atoms with Crippen LogP contribution in [-0.4, -0.2) is 66.7 Å². The summed E-state index contributed by atoms with van der Waals surface area (Å²) in [6.07, 6.45) is 0. The summed E-state index contributed by atoms with van der Waals surface area (Å²) in [5, 5.41) is 5.78. The van der Waals surface area contributed by atoms with Gasteiger partial charge in [0.05, 0.1) is 13.1 Å². The maximum Gasteiger partial charge on any atom is 0.238 e. The molecule has 2 N–H and O–H groups in total. The van der Waals surface area contributed by atoms with Crippen LogP contribution in [0.4, 0.5) is 11.4 Å². The molecule has 0 unspecified atom stereocenters.